The molecule has 2 amide bonds. The lowest BCUT2D eigenvalue weighted by Gasteiger charge is -2.19. The number of aromatic nitrogens is 2. The maximum atomic E-state index is 13.7. The molecule has 0 bridgehead atoms. The third kappa shape index (κ3) is 4.38. The molecule has 0 aliphatic heterocycles. The minimum atomic E-state index is -0.840. The van der Waals surface area contributed by atoms with Gasteiger partial charge in [0.15, 0.2) is 0 Å². The van der Waals surface area contributed by atoms with Gasteiger partial charge in [0.1, 0.15) is 17.7 Å². The second-order valence-electron chi connectivity index (χ2n) is 6.18. The number of hydrogen-bond acceptors (Lipinski definition) is 3. The fraction of sp³-hybridized carbons (Fsp3) is 0.150. The lowest BCUT2D eigenvalue weighted by Crippen LogP contribution is -2.39. The molecule has 0 spiro atoms. The monoisotopic (exact) mass is 366 g/mol. The number of halogens is 1. The van der Waals surface area contributed by atoms with Crippen molar-refractivity contribution in [1.29, 1.82) is 0 Å². The summed E-state index contributed by atoms with van der Waals surface area (Å²) in [6, 6.07) is 12.1. The fourth-order valence-corrected chi connectivity index (χ4v) is 2.66. The summed E-state index contributed by atoms with van der Waals surface area (Å²) in [5.41, 5.74) is 2.04. The molecule has 0 saturated carbocycles. The fourth-order valence-electron chi connectivity index (χ4n) is 2.66. The van der Waals surface area contributed by atoms with Gasteiger partial charge in [-0.25, -0.2) is 9.37 Å². The molecular weight excluding hydrogens is 347 g/mol. The molecule has 2 N–H and O–H groups in total. The molecule has 0 aliphatic rings. The van der Waals surface area contributed by atoms with Gasteiger partial charge in [-0.3, -0.25) is 9.59 Å². The van der Waals surface area contributed by atoms with Gasteiger partial charge in [-0.2, -0.15) is 0 Å². The van der Waals surface area contributed by atoms with Gasteiger partial charge in [-0.1, -0.05) is 29.8 Å². The van der Waals surface area contributed by atoms with Crippen molar-refractivity contribution in [1.82, 2.24) is 14.9 Å². The van der Waals surface area contributed by atoms with Crippen molar-refractivity contribution in [2.45, 2.75) is 13.0 Å². The smallest absolute Gasteiger partial charge is 0.313 e. The predicted molar refractivity (Wildman–Crippen MR) is 99.4 cm³/mol. The van der Waals surface area contributed by atoms with E-state index in [0.717, 1.165) is 5.56 Å². The van der Waals surface area contributed by atoms with Crippen molar-refractivity contribution in [2.24, 2.45) is 7.05 Å². The van der Waals surface area contributed by atoms with Crippen LogP contribution < -0.4 is 10.6 Å². The lowest BCUT2D eigenvalue weighted by atomic mass is 10.1. The molecule has 6 nitrogen and oxygen atoms in total. The normalized spacial score (nSPS) is 11.7. The summed E-state index contributed by atoms with van der Waals surface area (Å²) in [6.45, 7) is 1.93. The van der Waals surface area contributed by atoms with Gasteiger partial charge in [-0.15, -0.1) is 0 Å². The minimum Gasteiger partial charge on any atom is -0.336 e. The average molecular weight is 366 g/mol. The third-order valence-corrected chi connectivity index (χ3v) is 4.09. The van der Waals surface area contributed by atoms with E-state index in [9.17, 15) is 14.0 Å². The van der Waals surface area contributed by atoms with Crippen molar-refractivity contribution in [3.8, 4) is 0 Å². The van der Waals surface area contributed by atoms with Crippen LogP contribution in [0.5, 0.6) is 0 Å². The van der Waals surface area contributed by atoms with E-state index in [-0.39, 0.29) is 0 Å². The molecule has 0 radical (unpaired) electrons. The second-order valence-corrected chi connectivity index (χ2v) is 6.18. The standard InChI is InChI=1S/C20H19FN4O2/c1-13-6-8-16(9-7-13)23-19(26)20(27)24-17(18-22-10-11-25(18)2)14-4-3-5-15(21)12-14/h3-12,17H,1-2H3,(H,23,26)(H,24,27). The minimum absolute atomic E-state index is 0.440. The van der Waals surface area contributed by atoms with E-state index in [1.807, 2.05) is 19.1 Å². The molecule has 1 atom stereocenters. The zero-order valence-electron chi connectivity index (χ0n) is 14.9. The lowest BCUT2D eigenvalue weighted by molar-refractivity contribution is -0.136. The van der Waals surface area contributed by atoms with E-state index in [4.69, 9.17) is 0 Å². The number of imidazole rings is 1. The molecule has 138 valence electrons. The zero-order chi connectivity index (χ0) is 19.4. The number of hydrogen-bond donors (Lipinski definition) is 2. The highest BCUT2D eigenvalue weighted by Crippen LogP contribution is 2.21. The summed E-state index contributed by atoms with van der Waals surface area (Å²) in [7, 11) is 1.76. The van der Waals surface area contributed by atoms with Gasteiger partial charge in [0, 0.05) is 25.1 Å². The van der Waals surface area contributed by atoms with Gasteiger partial charge in [0.05, 0.1) is 0 Å². The second kappa shape index (κ2) is 7.82. The first-order chi connectivity index (χ1) is 12.9. The quantitative estimate of drug-likeness (QED) is 0.697. The van der Waals surface area contributed by atoms with Crippen molar-refractivity contribution >= 4 is 17.5 Å². The summed E-state index contributed by atoms with van der Waals surface area (Å²) >= 11 is 0. The Hall–Kier alpha value is -3.48. The molecule has 1 unspecified atom stereocenters. The van der Waals surface area contributed by atoms with Crippen LogP contribution in [0.3, 0.4) is 0 Å². The molecular formula is C20H19FN4O2. The Bertz CT molecular complexity index is 966. The molecule has 1 aromatic heterocycles. The molecule has 1 heterocycles. The zero-order valence-corrected chi connectivity index (χ0v) is 14.9. The number of aryl methyl sites for hydroxylation is 2. The van der Waals surface area contributed by atoms with E-state index in [2.05, 4.69) is 15.6 Å². The van der Waals surface area contributed by atoms with Crippen LogP contribution in [0.2, 0.25) is 0 Å². The van der Waals surface area contributed by atoms with Crippen molar-refractivity contribution < 1.29 is 14.0 Å². The van der Waals surface area contributed by atoms with Gasteiger partial charge in [0.2, 0.25) is 0 Å². The van der Waals surface area contributed by atoms with Gasteiger partial charge in [0.25, 0.3) is 0 Å². The van der Waals surface area contributed by atoms with Gasteiger partial charge in [-0.05, 0) is 36.8 Å². The van der Waals surface area contributed by atoms with Gasteiger partial charge >= 0.3 is 11.8 Å². The summed E-state index contributed by atoms with van der Waals surface area (Å²) < 4.78 is 15.4. The van der Waals surface area contributed by atoms with Crippen LogP contribution in [0.25, 0.3) is 0 Å². The number of anilines is 1. The maximum Gasteiger partial charge on any atom is 0.313 e. The molecule has 3 rings (SSSR count). The predicted octanol–water partition coefficient (Wildman–Crippen LogP) is 2.71. The first-order valence-electron chi connectivity index (χ1n) is 8.35. The molecule has 0 saturated heterocycles. The van der Waals surface area contributed by atoms with Gasteiger partial charge < -0.3 is 15.2 Å². The number of amides is 2. The summed E-state index contributed by atoms with van der Waals surface area (Å²) in [5.74, 6) is -1.61. The average Bonchev–Trinajstić information content (AvgIpc) is 3.07. The molecule has 3 aromatic rings. The Morgan fingerprint density at radius 1 is 1.11 bits per heavy atom. The highest BCUT2D eigenvalue weighted by Gasteiger charge is 2.24. The van der Waals surface area contributed by atoms with Crippen molar-refractivity contribution in [3.63, 3.8) is 0 Å². The summed E-state index contributed by atoms with van der Waals surface area (Å²) in [5, 5.41) is 5.18. The maximum absolute atomic E-state index is 13.7. The van der Waals surface area contributed by atoms with Crippen LogP contribution in [0.1, 0.15) is 23.0 Å². The Kier molecular flexibility index (Phi) is 5.30. The number of nitrogens with one attached hydrogen (secondary N) is 2. The molecule has 27 heavy (non-hydrogen) atoms. The Balaban J connectivity index is 1.81. The molecule has 7 heteroatoms. The first-order valence-corrected chi connectivity index (χ1v) is 8.35. The Labute approximate surface area is 156 Å². The van der Waals surface area contributed by atoms with Crippen LogP contribution >= 0.6 is 0 Å². The van der Waals surface area contributed by atoms with Crippen molar-refractivity contribution in [2.75, 3.05) is 5.32 Å². The Morgan fingerprint density at radius 2 is 1.85 bits per heavy atom. The number of carbonyl (C=O) groups is 2. The largest absolute Gasteiger partial charge is 0.336 e. The summed E-state index contributed by atoms with van der Waals surface area (Å²) in [6.07, 6.45) is 3.28. The number of carbonyl (C=O) groups excluding carboxylic acids is 2. The van der Waals surface area contributed by atoms with E-state index >= 15 is 0 Å². The summed E-state index contributed by atoms with van der Waals surface area (Å²) in [4.78, 5) is 28.9. The highest BCUT2D eigenvalue weighted by molar-refractivity contribution is 6.39. The van der Waals surface area contributed by atoms with Crippen LogP contribution in [0, 0.1) is 12.7 Å². The molecule has 2 aromatic carbocycles. The third-order valence-electron chi connectivity index (χ3n) is 4.09. The van der Waals surface area contributed by atoms with Crippen LogP contribution in [-0.2, 0) is 16.6 Å². The van der Waals surface area contributed by atoms with E-state index in [1.165, 1.54) is 12.1 Å². The number of rotatable bonds is 4. The highest BCUT2D eigenvalue weighted by atomic mass is 19.1. The van der Waals surface area contributed by atoms with E-state index < -0.39 is 23.7 Å². The van der Waals surface area contributed by atoms with E-state index in [1.54, 1.807) is 48.3 Å². The molecule has 0 aliphatic carbocycles. The molecule has 0 fully saturated rings. The number of benzene rings is 2. The number of nitrogens with zero attached hydrogens (tertiary/aromatic N) is 2. The van der Waals surface area contributed by atoms with Crippen LogP contribution in [-0.4, -0.2) is 21.4 Å². The topological polar surface area (TPSA) is 76.0 Å². The van der Waals surface area contributed by atoms with Crippen LogP contribution in [0.4, 0.5) is 10.1 Å². The Morgan fingerprint density at radius 3 is 2.48 bits per heavy atom. The SMILES string of the molecule is Cc1ccc(NC(=O)C(=O)NC(c2cccc(F)c2)c2nccn2C)cc1. The van der Waals surface area contributed by atoms with E-state index in [0.29, 0.717) is 17.1 Å². The first kappa shape index (κ1) is 18.3. The van der Waals surface area contributed by atoms with Crippen LogP contribution in [0.15, 0.2) is 60.9 Å². The van der Waals surface area contributed by atoms with Crippen molar-refractivity contribution in [3.05, 3.63) is 83.7 Å².